The maximum Gasteiger partial charge on any atom is 0.418 e. The van der Waals surface area contributed by atoms with Crippen molar-refractivity contribution < 1.29 is 22.8 Å². The van der Waals surface area contributed by atoms with E-state index >= 15 is 0 Å². The Balaban J connectivity index is 1.59. The number of carbonyl (C=O) groups is 2. The van der Waals surface area contributed by atoms with Crippen LogP contribution in [0.15, 0.2) is 48.5 Å². The molecule has 0 aromatic heterocycles. The van der Waals surface area contributed by atoms with E-state index in [0.29, 0.717) is 19.4 Å². The molecule has 1 aliphatic heterocycles. The summed E-state index contributed by atoms with van der Waals surface area (Å²) >= 11 is 0. The largest absolute Gasteiger partial charge is 0.418 e. The maximum atomic E-state index is 13.2. The molecule has 2 aromatic carbocycles. The number of nitrogens with one attached hydrogen (secondary N) is 1. The Morgan fingerprint density at radius 3 is 2.39 bits per heavy atom. The second kappa shape index (κ2) is 6.65. The van der Waals surface area contributed by atoms with Gasteiger partial charge in [-0.2, -0.15) is 13.2 Å². The van der Waals surface area contributed by atoms with Crippen molar-refractivity contribution in [3.63, 3.8) is 0 Å². The molecule has 2 aliphatic rings. The van der Waals surface area contributed by atoms with Gasteiger partial charge in [-0.15, -0.1) is 0 Å². The fraction of sp³-hybridized carbons (Fsp3) is 0.333. The van der Waals surface area contributed by atoms with Crippen molar-refractivity contribution in [2.75, 3.05) is 16.8 Å². The molecule has 4 rings (SSSR count). The van der Waals surface area contributed by atoms with Crippen molar-refractivity contribution in [1.82, 2.24) is 0 Å². The minimum atomic E-state index is -4.59. The third-order valence-corrected chi connectivity index (χ3v) is 5.43. The Morgan fingerprint density at radius 1 is 1.00 bits per heavy atom. The van der Waals surface area contributed by atoms with E-state index in [-0.39, 0.29) is 11.6 Å². The van der Waals surface area contributed by atoms with Crippen LogP contribution in [0.1, 0.15) is 30.4 Å². The van der Waals surface area contributed by atoms with E-state index < -0.39 is 23.1 Å². The van der Waals surface area contributed by atoms with Gasteiger partial charge in [-0.1, -0.05) is 30.3 Å². The first kappa shape index (κ1) is 18.5. The predicted octanol–water partition coefficient (Wildman–Crippen LogP) is 4.40. The van der Waals surface area contributed by atoms with Gasteiger partial charge in [0.05, 0.1) is 11.3 Å². The van der Waals surface area contributed by atoms with Crippen molar-refractivity contribution in [2.45, 2.75) is 31.9 Å². The zero-order chi connectivity index (χ0) is 19.9. The molecule has 0 radical (unpaired) electrons. The van der Waals surface area contributed by atoms with Gasteiger partial charge >= 0.3 is 6.18 Å². The Kier molecular flexibility index (Phi) is 4.40. The summed E-state index contributed by atoms with van der Waals surface area (Å²) in [6, 6.07) is 12.3. The molecule has 0 unspecified atom stereocenters. The van der Waals surface area contributed by atoms with Crippen LogP contribution in [-0.2, 0) is 22.2 Å². The van der Waals surface area contributed by atoms with E-state index in [9.17, 15) is 22.8 Å². The van der Waals surface area contributed by atoms with E-state index in [1.54, 1.807) is 4.90 Å². The first-order chi connectivity index (χ1) is 13.3. The Labute approximate surface area is 160 Å². The number of halogens is 3. The fourth-order valence-corrected chi connectivity index (χ4v) is 3.75. The average molecular weight is 388 g/mol. The number of amides is 2. The molecule has 1 N–H and O–H groups in total. The lowest BCUT2D eigenvalue weighted by atomic mass is 9.97. The predicted molar refractivity (Wildman–Crippen MR) is 98.9 cm³/mol. The molecule has 2 amide bonds. The van der Waals surface area contributed by atoms with Crippen LogP contribution in [0.25, 0.3) is 0 Å². The molecular formula is C21H19F3N2O2. The van der Waals surface area contributed by atoms with Crippen LogP contribution in [0.3, 0.4) is 0 Å². The molecule has 1 aliphatic carbocycles. The number of alkyl halides is 3. The first-order valence-corrected chi connectivity index (χ1v) is 9.20. The van der Waals surface area contributed by atoms with Gasteiger partial charge in [0.1, 0.15) is 5.41 Å². The van der Waals surface area contributed by atoms with Gasteiger partial charge in [0.25, 0.3) is 0 Å². The lowest BCUT2D eigenvalue weighted by Gasteiger charge is -2.32. The van der Waals surface area contributed by atoms with E-state index in [2.05, 4.69) is 5.32 Å². The van der Waals surface area contributed by atoms with Gasteiger partial charge < -0.3 is 10.2 Å². The highest BCUT2D eigenvalue weighted by atomic mass is 19.4. The molecule has 0 spiro atoms. The van der Waals surface area contributed by atoms with Crippen LogP contribution in [0.4, 0.5) is 24.5 Å². The molecule has 2 aromatic rings. The molecule has 1 fully saturated rings. The summed E-state index contributed by atoms with van der Waals surface area (Å²) in [6.07, 6.45) is -2.26. The molecule has 4 nitrogen and oxygen atoms in total. The zero-order valence-electron chi connectivity index (χ0n) is 15.1. The highest BCUT2D eigenvalue weighted by Crippen LogP contribution is 2.50. The minimum Gasteiger partial charge on any atom is -0.325 e. The molecule has 1 heterocycles. The highest BCUT2D eigenvalue weighted by molar-refractivity contribution is 6.18. The normalized spacial score (nSPS) is 17.6. The van der Waals surface area contributed by atoms with Crippen molar-refractivity contribution >= 4 is 23.2 Å². The van der Waals surface area contributed by atoms with Crippen LogP contribution in [0.2, 0.25) is 0 Å². The van der Waals surface area contributed by atoms with E-state index in [0.717, 1.165) is 30.2 Å². The van der Waals surface area contributed by atoms with Crippen LogP contribution >= 0.6 is 0 Å². The van der Waals surface area contributed by atoms with Crippen LogP contribution in [-0.4, -0.2) is 18.4 Å². The van der Waals surface area contributed by atoms with Crippen LogP contribution in [0, 0.1) is 5.41 Å². The monoisotopic (exact) mass is 388 g/mol. The third-order valence-electron chi connectivity index (χ3n) is 5.43. The lowest BCUT2D eigenvalue weighted by Crippen LogP contribution is -2.45. The number of hydrogen-bond donors (Lipinski definition) is 1. The van der Waals surface area contributed by atoms with Gasteiger partial charge in [-0.25, -0.2) is 0 Å². The average Bonchev–Trinajstić information content (AvgIpc) is 3.49. The van der Waals surface area contributed by atoms with E-state index in [4.69, 9.17) is 0 Å². The summed E-state index contributed by atoms with van der Waals surface area (Å²) in [7, 11) is 0. The van der Waals surface area contributed by atoms with Crippen molar-refractivity contribution in [2.24, 2.45) is 5.41 Å². The summed E-state index contributed by atoms with van der Waals surface area (Å²) < 4.78 is 39.6. The Hall–Kier alpha value is -2.83. The van der Waals surface area contributed by atoms with E-state index in [1.807, 2.05) is 24.3 Å². The molecule has 146 valence electrons. The SMILES string of the molecule is O=C(Nc1ccccc1C(F)(F)F)C1(C(=O)N2CCCc3ccccc32)CC1. The van der Waals surface area contributed by atoms with E-state index in [1.165, 1.54) is 18.2 Å². The summed E-state index contributed by atoms with van der Waals surface area (Å²) in [4.78, 5) is 27.7. The molecular weight excluding hydrogens is 369 g/mol. The Bertz CT molecular complexity index is 935. The number of anilines is 2. The lowest BCUT2D eigenvalue weighted by molar-refractivity contribution is -0.137. The summed E-state index contributed by atoms with van der Waals surface area (Å²) in [5, 5.41) is 2.36. The molecule has 0 atom stereocenters. The number of benzene rings is 2. The quantitative estimate of drug-likeness (QED) is 0.793. The summed E-state index contributed by atoms with van der Waals surface area (Å²) in [6.45, 7) is 0.504. The summed E-state index contributed by atoms with van der Waals surface area (Å²) in [5.74, 6) is -1.00. The van der Waals surface area contributed by atoms with Crippen LogP contribution < -0.4 is 10.2 Å². The number of carbonyl (C=O) groups excluding carboxylic acids is 2. The highest BCUT2D eigenvalue weighted by Gasteiger charge is 2.58. The smallest absolute Gasteiger partial charge is 0.325 e. The van der Waals surface area contributed by atoms with Gasteiger partial charge in [-0.05, 0) is 49.4 Å². The number of para-hydroxylation sites is 2. The zero-order valence-corrected chi connectivity index (χ0v) is 15.1. The number of rotatable bonds is 3. The van der Waals surface area contributed by atoms with Crippen molar-refractivity contribution in [3.05, 3.63) is 59.7 Å². The molecule has 0 bridgehead atoms. The molecule has 7 heteroatoms. The molecule has 28 heavy (non-hydrogen) atoms. The van der Waals surface area contributed by atoms with Gasteiger partial charge in [0.2, 0.25) is 11.8 Å². The number of hydrogen-bond acceptors (Lipinski definition) is 2. The Morgan fingerprint density at radius 2 is 1.68 bits per heavy atom. The fourth-order valence-electron chi connectivity index (χ4n) is 3.75. The number of nitrogens with zero attached hydrogens (tertiary/aromatic N) is 1. The number of aryl methyl sites for hydroxylation is 1. The minimum absolute atomic E-state index is 0.321. The van der Waals surface area contributed by atoms with Gasteiger partial charge in [-0.3, -0.25) is 9.59 Å². The second-order valence-electron chi connectivity index (χ2n) is 7.27. The third kappa shape index (κ3) is 3.15. The maximum absolute atomic E-state index is 13.2. The van der Waals surface area contributed by atoms with Crippen molar-refractivity contribution in [3.8, 4) is 0 Å². The standard InChI is InChI=1S/C21H19F3N2O2/c22-21(23,24)15-8-2-3-9-16(15)25-18(27)20(11-12-20)19(28)26-13-5-7-14-6-1-4-10-17(14)26/h1-4,6,8-10H,5,7,11-13H2,(H,25,27). The summed E-state index contributed by atoms with van der Waals surface area (Å²) in [5.41, 5.74) is -0.703. The van der Waals surface area contributed by atoms with Gasteiger partial charge in [0.15, 0.2) is 0 Å². The first-order valence-electron chi connectivity index (χ1n) is 9.20. The molecule has 0 saturated heterocycles. The number of fused-ring (bicyclic) bond motifs is 1. The van der Waals surface area contributed by atoms with Gasteiger partial charge in [0, 0.05) is 12.2 Å². The van der Waals surface area contributed by atoms with Crippen molar-refractivity contribution in [1.29, 1.82) is 0 Å². The second-order valence-corrected chi connectivity index (χ2v) is 7.27. The van der Waals surface area contributed by atoms with Crippen LogP contribution in [0.5, 0.6) is 0 Å². The molecule has 1 saturated carbocycles. The topological polar surface area (TPSA) is 49.4 Å².